The molecule has 0 heterocycles. The Morgan fingerprint density at radius 2 is 1.35 bits per heavy atom. The summed E-state index contributed by atoms with van der Waals surface area (Å²) in [5, 5.41) is 0.166. The van der Waals surface area contributed by atoms with Gasteiger partial charge in [-0.15, -0.1) is 0 Å². The summed E-state index contributed by atoms with van der Waals surface area (Å²) in [4.78, 5) is 0. The maximum atomic E-state index is 7.23. The molecule has 0 saturated heterocycles. The fraction of sp³-hybridized carbons (Fsp3) is 1.00. The lowest BCUT2D eigenvalue weighted by atomic mass is 9.46. The molecule has 3 saturated carbocycles. The fourth-order valence-electron chi connectivity index (χ4n) is 6.68. The van der Waals surface area contributed by atoms with Crippen molar-refractivity contribution in [3.63, 3.8) is 0 Å². The Hall–Kier alpha value is 0.0649. The van der Waals surface area contributed by atoms with Crippen molar-refractivity contribution in [2.45, 2.75) is 109 Å². The summed E-state index contributed by atoms with van der Waals surface area (Å²) in [6, 6.07) is 0. The molecule has 0 aromatic carbocycles. The van der Waals surface area contributed by atoms with Crippen LogP contribution in [0, 0.1) is 29.6 Å². The molecule has 3 rings (SSSR count). The first-order chi connectivity index (χ1) is 11.1. The van der Waals surface area contributed by atoms with Crippen LogP contribution in [0.15, 0.2) is 0 Å². The summed E-state index contributed by atoms with van der Waals surface area (Å²) >= 11 is 0. The topological polar surface area (TPSA) is 0 Å². The average Bonchev–Trinajstić information content (AvgIpc) is 2.68. The van der Waals surface area contributed by atoms with Crippen LogP contribution in [-0.2, 0) is 0 Å². The molecule has 3 aliphatic carbocycles. The lowest BCUT2D eigenvalue weighted by molar-refractivity contribution is 0.0619. The van der Waals surface area contributed by atoms with Gasteiger partial charge in [0, 0.05) is 0 Å². The van der Waals surface area contributed by atoms with Crippen molar-refractivity contribution in [3.05, 3.63) is 0 Å². The zero-order valence-electron chi connectivity index (χ0n) is 15.9. The van der Waals surface area contributed by atoms with Crippen LogP contribution in [0.25, 0.3) is 0 Å². The quantitative estimate of drug-likeness (QED) is 0.484. The Bertz CT molecular complexity index is 355. The minimum absolute atomic E-state index is 0.166. The van der Waals surface area contributed by atoms with Crippen molar-refractivity contribution in [1.29, 1.82) is 0 Å². The Labute approximate surface area is 147 Å². The molecule has 0 spiro atoms. The molecular weight excluding hydrogens is 275 g/mol. The SMILES string of the molecule is [B]C1(C2C(C(C)C)CCCC3CCCCCCC32)CCCCC1. The van der Waals surface area contributed by atoms with Crippen LogP contribution in [-0.4, -0.2) is 7.85 Å². The second-order valence-corrected chi connectivity index (χ2v) is 9.57. The third-order valence-electron chi connectivity index (χ3n) is 7.81. The summed E-state index contributed by atoms with van der Waals surface area (Å²) in [6.45, 7) is 4.96. The molecule has 4 atom stereocenters. The summed E-state index contributed by atoms with van der Waals surface area (Å²) in [5.41, 5.74) is 0. The van der Waals surface area contributed by atoms with Gasteiger partial charge < -0.3 is 0 Å². The van der Waals surface area contributed by atoms with Crippen molar-refractivity contribution in [1.82, 2.24) is 0 Å². The third-order valence-corrected chi connectivity index (χ3v) is 7.81. The van der Waals surface area contributed by atoms with Crippen LogP contribution in [0.1, 0.15) is 104 Å². The average molecular weight is 314 g/mol. The monoisotopic (exact) mass is 314 g/mol. The Morgan fingerprint density at radius 1 is 0.739 bits per heavy atom. The fourth-order valence-corrected chi connectivity index (χ4v) is 6.68. The van der Waals surface area contributed by atoms with E-state index in [0.717, 1.165) is 29.6 Å². The van der Waals surface area contributed by atoms with Crippen molar-refractivity contribution >= 4 is 7.85 Å². The third kappa shape index (κ3) is 4.01. The Morgan fingerprint density at radius 3 is 2.04 bits per heavy atom. The van der Waals surface area contributed by atoms with Crippen molar-refractivity contribution in [2.24, 2.45) is 29.6 Å². The lowest BCUT2D eigenvalue weighted by Gasteiger charge is -2.51. The maximum Gasteiger partial charge on any atom is 0.0750 e. The molecule has 130 valence electrons. The highest BCUT2D eigenvalue weighted by molar-refractivity contribution is 6.15. The molecule has 0 bridgehead atoms. The molecule has 0 amide bonds. The predicted molar refractivity (Wildman–Crippen MR) is 102 cm³/mol. The molecule has 0 N–H and O–H groups in total. The van der Waals surface area contributed by atoms with E-state index in [1.807, 2.05) is 0 Å². The first-order valence-corrected chi connectivity index (χ1v) is 10.9. The van der Waals surface area contributed by atoms with Gasteiger partial charge in [-0.25, -0.2) is 0 Å². The van der Waals surface area contributed by atoms with E-state index < -0.39 is 0 Å². The van der Waals surface area contributed by atoms with Gasteiger partial charge in [-0.2, -0.15) is 0 Å². The standard InChI is InChI=1S/C22H39B/c1-17(2)19-14-10-12-18-11-6-3-4-7-13-20(18)21(19)22(23)15-8-5-9-16-22/h17-21H,3-16H2,1-2H3. The normalized spacial score (nSPS) is 39.1. The van der Waals surface area contributed by atoms with Crippen LogP contribution in [0.4, 0.5) is 0 Å². The highest BCUT2D eigenvalue weighted by atomic mass is 14.5. The molecule has 3 fully saturated rings. The minimum atomic E-state index is 0.166. The molecule has 23 heavy (non-hydrogen) atoms. The lowest BCUT2D eigenvalue weighted by Crippen LogP contribution is -2.41. The Kier molecular flexibility index (Phi) is 6.19. The van der Waals surface area contributed by atoms with E-state index in [4.69, 9.17) is 7.85 Å². The Balaban J connectivity index is 1.91. The number of hydrogen-bond acceptors (Lipinski definition) is 0. The molecule has 2 radical (unpaired) electrons. The second kappa shape index (κ2) is 7.96. The van der Waals surface area contributed by atoms with E-state index in [0.29, 0.717) is 0 Å². The number of rotatable bonds is 2. The maximum absolute atomic E-state index is 7.23. The first kappa shape index (κ1) is 17.9. The molecule has 3 aliphatic rings. The number of fused-ring (bicyclic) bond motifs is 1. The van der Waals surface area contributed by atoms with Gasteiger partial charge in [-0.3, -0.25) is 0 Å². The largest absolute Gasteiger partial charge is 0.0750 e. The molecule has 0 aliphatic heterocycles. The van der Waals surface area contributed by atoms with Crippen LogP contribution in [0.2, 0.25) is 5.31 Å². The van der Waals surface area contributed by atoms with Gasteiger partial charge in [-0.05, 0) is 42.4 Å². The van der Waals surface area contributed by atoms with E-state index in [1.165, 1.54) is 89.9 Å². The first-order valence-electron chi connectivity index (χ1n) is 10.9. The van der Waals surface area contributed by atoms with Gasteiger partial charge >= 0.3 is 0 Å². The van der Waals surface area contributed by atoms with Gasteiger partial charge in [0.15, 0.2) is 0 Å². The molecule has 1 heteroatoms. The van der Waals surface area contributed by atoms with Gasteiger partial charge in [-0.1, -0.05) is 96.2 Å². The molecule has 0 nitrogen and oxygen atoms in total. The van der Waals surface area contributed by atoms with Gasteiger partial charge in [0.1, 0.15) is 0 Å². The zero-order chi connectivity index (χ0) is 16.3. The second-order valence-electron chi connectivity index (χ2n) is 9.57. The summed E-state index contributed by atoms with van der Waals surface area (Å²) in [7, 11) is 7.23. The molecule has 0 aromatic heterocycles. The van der Waals surface area contributed by atoms with Crippen molar-refractivity contribution in [2.75, 3.05) is 0 Å². The summed E-state index contributed by atoms with van der Waals surface area (Å²) in [5.74, 6) is 4.44. The van der Waals surface area contributed by atoms with E-state index >= 15 is 0 Å². The van der Waals surface area contributed by atoms with E-state index in [2.05, 4.69) is 13.8 Å². The van der Waals surface area contributed by atoms with Crippen molar-refractivity contribution in [3.8, 4) is 0 Å². The molecule has 0 aromatic rings. The van der Waals surface area contributed by atoms with E-state index in [1.54, 1.807) is 0 Å². The molecule has 4 unspecified atom stereocenters. The van der Waals surface area contributed by atoms with Crippen LogP contribution in [0.3, 0.4) is 0 Å². The predicted octanol–water partition coefficient (Wildman–Crippen LogP) is 6.94. The highest BCUT2D eigenvalue weighted by Crippen LogP contribution is 2.59. The number of hydrogen-bond donors (Lipinski definition) is 0. The van der Waals surface area contributed by atoms with Crippen LogP contribution >= 0.6 is 0 Å². The van der Waals surface area contributed by atoms with Crippen molar-refractivity contribution < 1.29 is 0 Å². The van der Waals surface area contributed by atoms with E-state index in [-0.39, 0.29) is 5.31 Å². The van der Waals surface area contributed by atoms with E-state index in [9.17, 15) is 0 Å². The van der Waals surface area contributed by atoms with Gasteiger partial charge in [0.2, 0.25) is 0 Å². The van der Waals surface area contributed by atoms with Gasteiger partial charge in [0.05, 0.1) is 7.85 Å². The zero-order valence-corrected chi connectivity index (χ0v) is 15.9. The summed E-state index contributed by atoms with van der Waals surface area (Å²) in [6.07, 6.45) is 20.1. The van der Waals surface area contributed by atoms with Crippen LogP contribution in [0.5, 0.6) is 0 Å². The summed E-state index contributed by atoms with van der Waals surface area (Å²) < 4.78 is 0. The van der Waals surface area contributed by atoms with Gasteiger partial charge in [0.25, 0.3) is 0 Å². The minimum Gasteiger partial charge on any atom is -0.0627 e. The van der Waals surface area contributed by atoms with Crippen LogP contribution < -0.4 is 0 Å². The molecular formula is C22H39B. The highest BCUT2D eigenvalue weighted by Gasteiger charge is 2.47. The smallest absolute Gasteiger partial charge is 0.0627 e.